The molecule has 41 heavy (non-hydrogen) atoms. The minimum atomic E-state index is -0.500. The monoisotopic (exact) mass is 588 g/mol. The van der Waals surface area contributed by atoms with E-state index in [4.69, 9.17) is 19.7 Å². The average Bonchev–Trinajstić information content (AvgIpc) is 3.00. The average molecular weight is 589 g/mol. The lowest BCUT2D eigenvalue weighted by Crippen LogP contribution is -2.18. The second-order valence-corrected chi connectivity index (χ2v) is 12.5. The maximum absolute atomic E-state index is 14.3. The largest absolute Gasteiger partial charge is 0.483 e. The smallest absolute Gasteiger partial charge is 0.290 e. The Kier molecular flexibility index (Phi) is 14.3. The van der Waals surface area contributed by atoms with E-state index in [-0.39, 0.29) is 18.3 Å². The van der Waals surface area contributed by atoms with Gasteiger partial charge in [-0.25, -0.2) is 4.39 Å². The fourth-order valence-corrected chi connectivity index (χ4v) is 5.96. The summed E-state index contributed by atoms with van der Waals surface area (Å²) < 4.78 is 19.8. The Morgan fingerprint density at radius 2 is 1.88 bits per heavy atom. The van der Waals surface area contributed by atoms with E-state index in [1.165, 1.54) is 39.8 Å². The number of hydrogen-bond acceptors (Lipinski definition) is 6. The van der Waals surface area contributed by atoms with Gasteiger partial charge in [0, 0.05) is 23.1 Å². The number of methoxy groups -OCH3 is 1. The molecule has 0 fully saturated rings. The molecule has 0 spiro atoms. The van der Waals surface area contributed by atoms with Crippen molar-refractivity contribution in [2.75, 3.05) is 25.3 Å². The Bertz CT molecular complexity index is 1200. The number of halogens is 1. The van der Waals surface area contributed by atoms with E-state index >= 15 is 0 Å². The van der Waals surface area contributed by atoms with E-state index in [9.17, 15) is 4.39 Å². The van der Waals surface area contributed by atoms with Gasteiger partial charge in [0.05, 0.1) is 35.8 Å². The van der Waals surface area contributed by atoms with Gasteiger partial charge in [0.25, 0.3) is 6.47 Å². The van der Waals surface area contributed by atoms with Gasteiger partial charge < -0.3 is 20.3 Å². The lowest BCUT2D eigenvalue weighted by atomic mass is 9.75. The molecular formula is C33H49FN2O4S. The number of allylic oxidation sites excluding steroid dienone is 2. The highest BCUT2D eigenvalue weighted by Crippen LogP contribution is 2.51. The maximum atomic E-state index is 14.3. The Morgan fingerprint density at radius 1 is 1.29 bits per heavy atom. The number of nitrogens with one attached hydrogen (secondary N) is 1. The van der Waals surface area contributed by atoms with Crippen molar-refractivity contribution < 1.29 is 24.1 Å². The molecule has 1 aliphatic carbocycles. The number of aromatic nitrogens is 1. The molecule has 0 unspecified atom stereocenters. The second kappa shape index (κ2) is 16.1. The number of hydrogen-bond donors (Lipinski definition) is 3. The molecule has 6 nitrogen and oxygen atoms in total. The number of carbonyl (C=O) groups is 1. The number of carboxylic acid groups (broad SMARTS) is 1. The number of rotatable bonds is 5. The van der Waals surface area contributed by atoms with Crippen LogP contribution >= 0.6 is 11.8 Å². The first-order valence-electron chi connectivity index (χ1n) is 13.9. The van der Waals surface area contributed by atoms with Crippen LogP contribution in [0.3, 0.4) is 0 Å². The molecule has 1 atom stereocenters. The molecule has 2 bridgehead atoms. The summed E-state index contributed by atoms with van der Waals surface area (Å²) in [6.45, 7) is 20.6. The third-order valence-electron chi connectivity index (χ3n) is 6.81. The molecule has 4 rings (SSSR count). The highest BCUT2D eigenvalue weighted by molar-refractivity contribution is 7.99. The molecule has 2 aromatic rings. The van der Waals surface area contributed by atoms with Gasteiger partial charge in [-0.15, -0.1) is 24.9 Å². The number of thioether (sulfide) groups is 1. The Labute approximate surface area is 250 Å². The van der Waals surface area contributed by atoms with Crippen LogP contribution in [-0.4, -0.2) is 47.2 Å². The number of fused-ring (bicyclic) bond motifs is 4. The minimum Gasteiger partial charge on any atom is -0.483 e. The number of anilines is 1. The fraction of sp³-hybridized carbons (Fsp3) is 0.515. The molecule has 0 radical (unpaired) electrons. The van der Waals surface area contributed by atoms with Crippen LogP contribution in [0.5, 0.6) is 0 Å². The third-order valence-corrected chi connectivity index (χ3v) is 7.62. The lowest BCUT2D eigenvalue weighted by molar-refractivity contribution is -0.122. The lowest BCUT2D eigenvalue weighted by Gasteiger charge is -2.31. The zero-order valence-corrected chi connectivity index (χ0v) is 27.1. The van der Waals surface area contributed by atoms with E-state index in [1.54, 1.807) is 45.7 Å². The normalized spacial score (nSPS) is 16.5. The summed E-state index contributed by atoms with van der Waals surface area (Å²) in [5.74, 6) is -0.312. The van der Waals surface area contributed by atoms with Gasteiger partial charge in [0.2, 0.25) is 0 Å². The zero-order chi connectivity index (χ0) is 31.5. The van der Waals surface area contributed by atoms with Crippen molar-refractivity contribution >= 4 is 29.5 Å². The van der Waals surface area contributed by atoms with Crippen molar-refractivity contribution in [1.82, 2.24) is 4.98 Å². The highest BCUT2D eigenvalue weighted by atomic mass is 32.2. The summed E-state index contributed by atoms with van der Waals surface area (Å²) in [7, 11) is 1.69. The molecule has 8 heteroatoms. The van der Waals surface area contributed by atoms with Crippen molar-refractivity contribution in [2.24, 2.45) is 5.41 Å². The summed E-state index contributed by atoms with van der Waals surface area (Å²) in [6.07, 6.45) is 10.2. The first kappa shape index (κ1) is 36.3. The first-order valence-corrected chi connectivity index (χ1v) is 15.1. The molecule has 3 N–H and O–H groups in total. The Morgan fingerprint density at radius 3 is 2.34 bits per heavy atom. The van der Waals surface area contributed by atoms with Crippen LogP contribution in [0.2, 0.25) is 0 Å². The Hall–Kier alpha value is -2.68. The van der Waals surface area contributed by atoms with Crippen LogP contribution in [-0.2, 0) is 16.0 Å². The number of ether oxygens (including phenoxy) is 1. The van der Waals surface area contributed by atoms with Crippen LogP contribution in [0.1, 0.15) is 89.1 Å². The number of aliphatic hydroxyl groups is 1. The molecule has 0 amide bonds. The van der Waals surface area contributed by atoms with Crippen LogP contribution in [0.25, 0.3) is 16.8 Å². The predicted molar refractivity (Wildman–Crippen MR) is 171 cm³/mol. The summed E-state index contributed by atoms with van der Waals surface area (Å²) in [5.41, 5.74) is 9.32. The molecular weight excluding hydrogens is 539 g/mol. The standard InChI is InChI=1S/C26H33FN2OS.C4H10O.C2H4.CH2O2/c1-7-18-21(16-8-10-26(3,4)11-9-16)15(2)22-23-19(12-17(27)13-28-23)20(14-30-5)29-24(18)25(22)31-6;1-4(2,3)5;1-2;2-1-3/h8,12-13,20,29H,7,9-11,14H2,1-6H3;5H,1-3H3;1-2H2;1H,(H,2,3)/t20-;;;/m0.../s1. The molecule has 2 heterocycles. The molecule has 1 aromatic carbocycles. The second-order valence-electron chi connectivity index (χ2n) is 11.7. The van der Waals surface area contributed by atoms with E-state index in [0.717, 1.165) is 41.8 Å². The van der Waals surface area contributed by atoms with Crippen LogP contribution in [0.15, 0.2) is 36.4 Å². The van der Waals surface area contributed by atoms with Crippen LogP contribution < -0.4 is 5.32 Å². The van der Waals surface area contributed by atoms with E-state index in [2.05, 4.69) is 63.5 Å². The number of benzene rings is 1. The van der Waals surface area contributed by atoms with Gasteiger partial charge >= 0.3 is 0 Å². The van der Waals surface area contributed by atoms with Gasteiger partial charge in [0.15, 0.2) is 0 Å². The molecule has 0 saturated carbocycles. The molecule has 1 aliphatic heterocycles. The van der Waals surface area contributed by atoms with E-state index in [0.29, 0.717) is 12.0 Å². The van der Waals surface area contributed by atoms with Gasteiger partial charge in [-0.3, -0.25) is 9.78 Å². The topological polar surface area (TPSA) is 91.7 Å². The molecule has 228 valence electrons. The predicted octanol–water partition coefficient (Wildman–Crippen LogP) is 8.47. The van der Waals surface area contributed by atoms with Gasteiger partial charge in [-0.2, -0.15) is 0 Å². The van der Waals surface area contributed by atoms with Crippen molar-refractivity contribution in [1.29, 1.82) is 0 Å². The van der Waals surface area contributed by atoms with Crippen molar-refractivity contribution in [2.45, 2.75) is 90.7 Å². The zero-order valence-electron chi connectivity index (χ0n) is 26.3. The fourth-order valence-electron chi connectivity index (χ4n) is 5.12. The number of pyridine rings is 1. The summed E-state index contributed by atoms with van der Waals surface area (Å²) >= 11 is 1.74. The van der Waals surface area contributed by atoms with Gasteiger partial charge in [-0.05, 0) is 93.4 Å². The van der Waals surface area contributed by atoms with Crippen molar-refractivity contribution in [3.63, 3.8) is 0 Å². The van der Waals surface area contributed by atoms with Crippen LogP contribution in [0, 0.1) is 18.2 Å². The van der Waals surface area contributed by atoms with Gasteiger partial charge in [0.1, 0.15) is 5.82 Å². The Balaban J connectivity index is 0.000000736. The number of nitrogens with zero attached hydrogens (tertiary/aromatic N) is 1. The van der Waals surface area contributed by atoms with Crippen molar-refractivity contribution in [3.05, 3.63) is 59.6 Å². The van der Waals surface area contributed by atoms with E-state index < -0.39 is 5.60 Å². The molecule has 1 aromatic heterocycles. The quantitative estimate of drug-likeness (QED) is 0.183. The summed E-state index contributed by atoms with van der Waals surface area (Å²) in [5, 5.41) is 19.2. The third kappa shape index (κ3) is 9.69. The summed E-state index contributed by atoms with van der Waals surface area (Å²) in [4.78, 5) is 14.2. The highest BCUT2D eigenvalue weighted by Gasteiger charge is 2.33. The van der Waals surface area contributed by atoms with E-state index in [1.807, 2.05) is 0 Å². The SMILES string of the molecule is C=C.CC(C)(C)O.CCc1c2c(SC)c(c(C)c1C1=CCC(C)(C)CC1)-c1ncc(F)cc1[C@H](COC)N2.O=CO. The maximum Gasteiger partial charge on any atom is 0.290 e. The van der Waals surface area contributed by atoms with Gasteiger partial charge in [-0.1, -0.05) is 26.8 Å². The summed E-state index contributed by atoms with van der Waals surface area (Å²) in [6, 6.07) is 1.47. The molecule has 2 aliphatic rings. The first-order chi connectivity index (χ1) is 19.2. The van der Waals surface area contributed by atoms with Crippen molar-refractivity contribution in [3.8, 4) is 11.3 Å². The minimum absolute atomic E-state index is 0.147. The molecule has 0 saturated heterocycles. The van der Waals surface area contributed by atoms with Crippen LogP contribution in [0.4, 0.5) is 10.1 Å².